The van der Waals surface area contributed by atoms with Gasteiger partial charge in [0, 0.05) is 11.4 Å². The predicted octanol–water partition coefficient (Wildman–Crippen LogP) is 2.39. The van der Waals surface area contributed by atoms with Gasteiger partial charge in [0.2, 0.25) is 0 Å². The van der Waals surface area contributed by atoms with Crippen LogP contribution in [0, 0.1) is 0 Å². The molecule has 1 aromatic rings. The molecule has 0 aromatic heterocycles. The number of carbonyl (C=O) groups is 2. The van der Waals surface area contributed by atoms with Crippen LogP contribution in [0.2, 0.25) is 0 Å². The Balaban J connectivity index is 1.99. The summed E-state index contributed by atoms with van der Waals surface area (Å²) in [6, 6.07) is 9.52. The number of carbonyl (C=O) groups excluding carboxylic acids is 2. The van der Waals surface area contributed by atoms with Gasteiger partial charge in [-0.05, 0) is 45.3 Å². The van der Waals surface area contributed by atoms with Gasteiger partial charge in [0.15, 0.2) is 0 Å². The Hall–Kier alpha value is -2.60. The van der Waals surface area contributed by atoms with Crippen molar-refractivity contribution in [1.82, 2.24) is 10.6 Å². The topological polar surface area (TPSA) is 76.7 Å². The van der Waals surface area contributed by atoms with Crippen molar-refractivity contribution in [2.45, 2.75) is 38.7 Å². The first-order valence-corrected chi connectivity index (χ1v) is 9.26. The first-order valence-electron chi connectivity index (χ1n) is 9.26. The minimum atomic E-state index is -0.519. The molecule has 6 heteroatoms. The number of hydrogen-bond acceptors (Lipinski definition) is 6. The summed E-state index contributed by atoms with van der Waals surface area (Å²) < 4.78 is 10.8. The lowest BCUT2D eigenvalue weighted by atomic mass is 9.80. The zero-order valence-corrected chi connectivity index (χ0v) is 16.0. The van der Waals surface area contributed by atoms with E-state index in [2.05, 4.69) is 10.6 Å². The van der Waals surface area contributed by atoms with Gasteiger partial charge in [-0.25, -0.2) is 9.59 Å². The normalized spacial score (nSPS) is 20.9. The second kappa shape index (κ2) is 8.39. The van der Waals surface area contributed by atoms with Gasteiger partial charge in [0.25, 0.3) is 0 Å². The molecule has 2 N–H and O–H groups in total. The lowest BCUT2D eigenvalue weighted by Gasteiger charge is -2.31. The first-order chi connectivity index (χ1) is 13.0. The van der Waals surface area contributed by atoms with Crippen molar-refractivity contribution in [2.75, 3.05) is 20.2 Å². The Bertz CT molecular complexity index is 777. The molecule has 2 heterocycles. The quantitative estimate of drug-likeness (QED) is 0.793. The molecule has 144 valence electrons. The number of piperidine rings is 1. The van der Waals surface area contributed by atoms with Crippen LogP contribution >= 0.6 is 0 Å². The van der Waals surface area contributed by atoms with E-state index in [1.54, 1.807) is 0 Å². The minimum absolute atomic E-state index is 0.107. The number of methoxy groups -OCH3 is 1. The molecule has 1 aromatic carbocycles. The Morgan fingerprint density at radius 2 is 1.56 bits per heavy atom. The van der Waals surface area contributed by atoms with Crippen molar-refractivity contribution in [3.05, 3.63) is 58.4 Å². The number of rotatable bonds is 4. The summed E-state index contributed by atoms with van der Waals surface area (Å²) in [4.78, 5) is 25.6. The van der Waals surface area contributed by atoms with E-state index in [0.29, 0.717) is 22.5 Å². The fourth-order valence-corrected chi connectivity index (χ4v) is 3.75. The molecular weight excluding hydrogens is 344 g/mol. The molecule has 0 amide bonds. The van der Waals surface area contributed by atoms with Gasteiger partial charge in [-0.2, -0.15) is 0 Å². The summed E-state index contributed by atoms with van der Waals surface area (Å²) in [5.41, 5.74) is 3.15. The molecule has 0 radical (unpaired) electrons. The highest BCUT2D eigenvalue weighted by Gasteiger charge is 2.38. The third-order valence-corrected chi connectivity index (χ3v) is 5.08. The molecule has 0 bridgehead atoms. The van der Waals surface area contributed by atoms with Gasteiger partial charge in [-0.15, -0.1) is 0 Å². The van der Waals surface area contributed by atoms with E-state index in [4.69, 9.17) is 9.47 Å². The van der Waals surface area contributed by atoms with Crippen LogP contribution in [0.3, 0.4) is 0 Å². The van der Waals surface area contributed by atoms with E-state index in [0.717, 1.165) is 31.5 Å². The fourth-order valence-electron chi connectivity index (χ4n) is 3.75. The lowest BCUT2D eigenvalue weighted by molar-refractivity contribution is -0.145. The Morgan fingerprint density at radius 1 is 0.963 bits per heavy atom. The average molecular weight is 370 g/mol. The van der Waals surface area contributed by atoms with Crippen LogP contribution in [0.25, 0.3) is 0 Å². The summed E-state index contributed by atoms with van der Waals surface area (Å²) >= 11 is 0. The number of nitrogens with one attached hydrogen (secondary N) is 2. The second-order valence-corrected chi connectivity index (χ2v) is 6.89. The molecule has 0 spiro atoms. The van der Waals surface area contributed by atoms with Gasteiger partial charge >= 0.3 is 11.9 Å². The molecule has 1 atom stereocenters. The third kappa shape index (κ3) is 4.06. The Morgan fingerprint density at radius 3 is 2.15 bits per heavy atom. The maximum atomic E-state index is 13.1. The Labute approximate surface area is 159 Å². The molecule has 0 saturated carbocycles. The summed E-state index contributed by atoms with van der Waals surface area (Å²) in [5, 5.41) is 6.42. The van der Waals surface area contributed by atoms with E-state index in [-0.39, 0.29) is 12.1 Å². The van der Waals surface area contributed by atoms with E-state index in [1.807, 2.05) is 44.2 Å². The van der Waals surface area contributed by atoms with E-state index in [9.17, 15) is 9.59 Å². The van der Waals surface area contributed by atoms with Crippen molar-refractivity contribution in [3.8, 4) is 0 Å². The zero-order chi connectivity index (χ0) is 19.4. The monoisotopic (exact) mass is 370 g/mol. The van der Waals surface area contributed by atoms with Gasteiger partial charge in [0.05, 0.1) is 24.2 Å². The number of dihydropyridines is 1. The molecule has 1 fully saturated rings. The highest BCUT2D eigenvalue weighted by molar-refractivity contribution is 5.99. The molecule has 1 unspecified atom stereocenters. The van der Waals surface area contributed by atoms with Crippen LogP contribution in [-0.4, -0.2) is 38.2 Å². The molecule has 0 aliphatic carbocycles. The standard InChI is InChI=1S/C21H26N2O4/c1-13-17(20(24)26-3)19(15-7-5-4-6-8-15)18(14(2)23-13)21(25)27-16-9-11-22-12-10-16/h4-8,16,19,22-23H,9-12H2,1-3H3. The van der Waals surface area contributed by atoms with Crippen LogP contribution in [0.15, 0.2) is 52.9 Å². The van der Waals surface area contributed by atoms with Gasteiger partial charge in [0.1, 0.15) is 6.10 Å². The molecule has 27 heavy (non-hydrogen) atoms. The molecule has 1 saturated heterocycles. The molecule has 2 aliphatic rings. The smallest absolute Gasteiger partial charge is 0.337 e. The van der Waals surface area contributed by atoms with Crippen LogP contribution in [0.1, 0.15) is 38.2 Å². The zero-order valence-electron chi connectivity index (χ0n) is 16.0. The van der Waals surface area contributed by atoms with Crippen molar-refractivity contribution < 1.29 is 19.1 Å². The number of allylic oxidation sites excluding steroid dienone is 2. The first kappa shape index (κ1) is 19.2. The number of benzene rings is 1. The van der Waals surface area contributed by atoms with Gasteiger partial charge < -0.3 is 20.1 Å². The fraction of sp³-hybridized carbons (Fsp3) is 0.429. The average Bonchev–Trinajstić information content (AvgIpc) is 2.68. The third-order valence-electron chi connectivity index (χ3n) is 5.08. The van der Waals surface area contributed by atoms with Crippen molar-refractivity contribution in [2.24, 2.45) is 0 Å². The molecular formula is C21H26N2O4. The highest BCUT2D eigenvalue weighted by Crippen LogP contribution is 2.39. The van der Waals surface area contributed by atoms with E-state index in [1.165, 1.54) is 7.11 Å². The summed E-state index contributed by atoms with van der Waals surface area (Å²) in [6.45, 7) is 5.33. The van der Waals surface area contributed by atoms with Crippen molar-refractivity contribution >= 4 is 11.9 Å². The largest absolute Gasteiger partial charge is 0.466 e. The highest BCUT2D eigenvalue weighted by atomic mass is 16.5. The number of hydrogen-bond donors (Lipinski definition) is 2. The van der Waals surface area contributed by atoms with Crippen LogP contribution < -0.4 is 10.6 Å². The van der Waals surface area contributed by atoms with E-state index >= 15 is 0 Å². The second-order valence-electron chi connectivity index (χ2n) is 6.89. The summed E-state index contributed by atoms with van der Waals surface area (Å²) in [7, 11) is 1.35. The molecule has 2 aliphatic heterocycles. The van der Waals surface area contributed by atoms with Gasteiger partial charge in [-0.1, -0.05) is 30.3 Å². The van der Waals surface area contributed by atoms with Gasteiger partial charge in [-0.3, -0.25) is 0 Å². The van der Waals surface area contributed by atoms with Crippen molar-refractivity contribution in [3.63, 3.8) is 0 Å². The van der Waals surface area contributed by atoms with Crippen LogP contribution in [0.4, 0.5) is 0 Å². The minimum Gasteiger partial charge on any atom is -0.466 e. The van der Waals surface area contributed by atoms with E-state index < -0.39 is 11.9 Å². The molecule has 6 nitrogen and oxygen atoms in total. The maximum Gasteiger partial charge on any atom is 0.337 e. The summed E-state index contributed by atoms with van der Waals surface area (Å²) in [6.07, 6.45) is 1.48. The Kier molecular flexibility index (Phi) is 5.96. The lowest BCUT2D eigenvalue weighted by Crippen LogP contribution is -2.37. The van der Waals surface area contributed by atoms with Crippen LogP contribution in [-0.2, 0) is 19.1 Å². The predicted molar refractivity (Wildman–Crippen MR) is 102 cm³/mol. The number of esters is 2. The SMILES string of the molecule is COC(=O)C1=C(C)NC(C)=C(C(=O)OC2CCNCC2)C1c1ccccc1. The van der Waals surface area contributed by atoms with Crippen LogP contribution in [0.5, 0.6) is 0 Å². The summed E-state index contributed by atoms with van der Waals surface area (Å²) in [5.74, 6) is -1.35. The molecule has 3 rings (SSSR count). The number of ether oxygens (including phenoxy) is 2. The van der Waals surface area contributed by atoms with Crippen molar-refractivity contribution in [1.29, 1.82) is 0 Å². The maximum absolute atomic E-state index is 13.1.